The molecule has 8 heteroatoms. The van der Waals surface area contributed by atoms with Crippen LogP contribution in [0.1, 0.15) is 24.9 Å². The molecule has 1 atom stereocenters. The molecule has 1 rings (SSSR count). The fourth-order valence-electron chi connectivity index (χ4n) is 1.92. The van der Waals surface area contributed by atoms with Crippen LogP contribution in [-0.2, 0) is 9.53 Å². The summed E-state index contributed by atoms with van der Waals surface area (Å²) in [5, 5.41) is 2.68. The van der Waals surface area contributed by atoms with Crippen molar-refractivity contribution in [3.05, 3.63) is 23.8 Å². The van der Waals surface area contributed by atoms with Crippen LogP contribution in [0.4, 0.5) is 13.2 Å². The quantitative estimate of drug-likeness (QED) is 0.742. The molecule has 0 spiro atoms. The monoisotopic (exact) mass is 335 g/mol. The van der Waals surface area contributed by atoms with Crippen LogP contribution in [0.2, 0.25) is 0 Å². The Balaban J connectivity index is 2.55. The molecule has 0 bridgehead atoms. The predicted molar refractivity (Wildman–Crippen MR) is 77.6 cm³/mol. The molecule has 1 unspecified atom stereocenters. The third-order valence-corrected chi connectivity index (χ3v) is 3.02. The first-order chi connectivity index (χ1) is 10.8. The van der Waals surface area contributed by atoms with Gasteiger partial charge in [-0.25, -0.2) is 0 Å². The lowest BCUT2D eigenvalue weighted by atomic mass is 10.1. The van der Waals surface area contributed by atoms with Crippen molar-refractivity contribution >= 4 is 5.91 Å². The lowest BCUT2D eigenvalue weighted by Gasteiger charge is -2.18. The van der Waals surface area contributed by atoms with Crippen LogP contribution in [0.3, 0.4) is 0 Å². The summed E-state index contributed by atoms with van der Waals surface area (Å²) in [6.07, 6.45) is -4.55. The van der Waals surface area contributed by atoms with Crippen molar-refractivity contribution in [2.75, 3.05) is 27.4 Å². The second-order valence-corrected chi connectivity index (χ2v) is 4.81. The van der Waals surface area contributed by atoms with E-state index in [9.17, 15) is 18.0 Å². The zero-order valence-corrected chi connectivity index (χ0v) is 13.2. The third kappa shape index (κ3) is 6.77. The topological polar surface area (TPSA) is 56.8 Å². The molecule has 0 heterocycles. The lowest BCUT2D eigenvalue weighted by Crippen LogP contribution is -2.28. The molecular weight excluding hydrogens is 315 g/mol. The van der Waals surface area contributed by atoms with E-state index in [0.29, 0.717) is 17.1 Å². The van der Waals surface area contributed by atoms with Gasteiger partial charge in [-0.2, -0.15) is 13.2 Å². The maximum atomic E-state index is 11.9. The van der Waals surface area contributed by atoms with Crippen LogP contribution in [0.15, 0.2) is 18.2 Å². The smallest absolute Gasteiger partial charge is 0.411 e. The Morgan fingerprint density at radius 2 is 1.96 bits per heavy atom. The summed E-state index contributed by atoms with van der Waals surface area (Å²) in [5.41, 5.74) is 0.705. The number of ether oxygens (including phenoxy) is 3. The summed E-state index contributed by atoms with van der Waals surface area (Å²) < 4.78 is 50.5. The lowest BCUT2D eigenvalue weighted by molar-refractivity contribution is -0.174. The number of nitrogens with one attached hydrogen (secondary N) is 1. The molecule has 0 radical (unpaired) electrons. The van der Waals surface area contributed by atoms with Gasteiger partial charge >= 0.3 is 6.18 Å². The highest BCUT2D eigenvalue weighted by molar-refractivity contribution is 5.76. The molecule has 1 aromatic carbocycles. The van der Waals surface area contributed by atoms with Crippen molar-refractivity contribution in [2.24, 2.45) is 0 Å². The first-order valence-electron chi connectivity index (χ1n) is 6.92. The van der Waals surface area contributed by atoms with E-state index in [0.717, 1.165) is 0 Å². The fourth-order valence-corrected chi connectivity index (χ4v) is 1.92. The number of methoxy groups -OCH3 is 2. The second-order valence-electron chi connectivity index (χ2n) is 4.81. The maximum absolute atomic E-state index is 11.9. The summed E-state index contributed by atoms with van der Waals surface area (Å²) in [7, 11) is 3.03. The van der Waals surface area contributed by atoms with Gasteiger partial charge in [0.25, 0.3) is 0 Å². The Hall–Kier alpha value is -1.96. The van der Waals surface area contributed by atoms with Gasteiger partial charge in [-0.05, 0) is 25.1 Å². The molecule has 0 aromatic heterocycles. The maximum Gasteiger partial charge on any atom is 0.411 e. The van der Waals surface area contributed by atoms with Crippen molar-refractivity contribution < 1.29 is 32.2 Å². The van der Waals surface area contributed by atoms with E-state index in [-0.39, 0.29) is 13.0 Å². The van der Waals surface area contributed by atoms with Crippen LogP contribution < -0.4 is 14.8 Å². The van der Waals surface area contributed by atoms with Gasteiger partial charge in [0, 0.05) is 12.0 Å². The van der Waals surface area contributed by atoms with Gasteiger partial charge in [0.05, 0.1) is 26.9 Å². The van der Waals surface area contributed by atoms with Gasteiger partial charge in [-0.15, -0.1) is 0 Å². The zero-order chi connectivity index (χ0) is 17.5. The van der Waals surface area contributed by atoms with Gasteiger partial charge < -0.3 is 19.5 Å². The minimum atomic E-state index is -4.39. The molecule has 0 saturated carbocycles. The Bertz CT molecular complexity index is 520. The standard InChI is InChI=1S/C15H20F3NO4/c1-10(12-8-11(21-2)4-5-13(12)22-3)19-14(20)6-7-23-9-15(16,17)18/h4-5,8,10H,6-7,9H2,1-3H3,(H,19,20). The van der Waals surface area contributed by atoms with Crippen molar-refractivity contribution in [3.8, 4) is 11.5 Å². The molecule has 1 amide bonds. The second kappa shape index (κ2) is 8.61. The van der Waals surface area contributed by atoms with E-state index in [1.165, 1.54) is 14.2 Å². The van der Waals surface area contributed by atoms with Crippen LogP contribution in [0.5, 0.6) is 11.5 Å². The first kappa shape index (κ1) is 19.1. The molecule has 0 aliphatic heterocycles. The minimum absolute atomic E-state index is 0.160. The van der Waals surface area contributed by atoms with E-state index in [2.05, 4.69) is 10.1 Å². The van der Waals surface area contributed by atoms with Crippen LogP contribution in [0, 0.1) is 0 Å². The van der Waals surface area contributed by atoms with E-state index in [1.54, 1.807) is 25.1 Å². The molecule has 1 N–H and O–H groups in total. The number of hydrogen-bond acceptors (Lipinski definition) is 4. The largest absolute Gasteiger partial charge is 0.497 e. The zero-order valence-electron chi connectivity index (χ0n) is 13.2. The predicted octanol–water partition coefficient (Wildman–Crippen LogP) is 2.85. The number of rotatable bonds is 8. The molecule has 0 saturated heterocycles. The molecule has 23 heavy (non-hydrogen) atoms. The van der Waals surface area contributed by atoms with Crippen molar-refractivity contribution in [2.45, 2.75) is 25.6 Å². The Labute approximate surface area is 132 Å². The highest BCUT2D eigenvalue weighted by atomic mass is 19.4. The summed E-state index contributed by atoms with van der Waals surface area (Å²) in [4.78, 5) is 11.8. The summed E-state index contributed by atoms with van der Waals surface area (Å²) >= 11 is 0. The van der Waals surface area contributed by atoms with Crippen molar-refractivity contribution in [3.63, 3.8) is 0 Å². The van der Waals surface area contributed by atoms with Gasteiger partial charge in [0.15, 0.2) is 0 Å². The molecule has 5 nitrogen and oxygen atoms in total. The van der Waals surface area contributed by atoms with Gasteiger partial charge in [0.2, 0.25) is 5.91 Å². The highest BCUT2D eigenvalue weighted by Crippen LogP contribution is 2.29. The number of amides is 1. The first-order valence-corrected chi connectivity index (χ1v) is 6.92. The van der Waals surface area contributed by atoms with Gasteiger partial charge in [-0.1, -0.05) is 0 Å². The van der Waals surface area contributed by atoms with Crippen molar-refractivity contribution in [1.82, 2.24) is 5.32 Å². The molecule has 0 fully saturated rings. The van der Waals surface area contributed by atoms with Crippen LogP contribution in [0.25, 0.3) is 0 Å². The Morgan fingerprint density at radius 1 is 1.26 bits per heavy atom. The molecule has 1 aromatic rings. The molecular formula is C15H20F3NO4. The molecule has 0 aliphatic carbocycles. The number of carbonyl (C=O) groups excluding carboxylic acids is 1. The van der Waals surface area contributed by atoms with Gasteiger partial charge in [0.1, 0.15) is 18.1 Å². The van der Waals surface area contributed by atoms with E-state index < -0.39 is 24.7 Å². The van der Waals surface area contributed by atoms with Crippen LogP contribution in [-0.4, -0.2) is 39.5 Å². The van der Waals surface area contributed by atoms with E-state index in [1.807, 2.05) is 0 Å². The Kier molecular flexibility index (Phi) is 7.15. The fraction of sp³-hybridized carbons (Fsp3) is 0.533. The molecule has 0 aliphatic rings. The number of benzene rings is 1. The van der Waals surface area contributed by atoms with E-state index in [4.69, 9.17) is 9.47 Å². The number of halogens is 3. The number of carbonyl (C=O) groups is 1. The summed E-state index contributed by atoms with van der Waals surface area (Å²) in [5.74, 6) is 0.770. The Morgan fingerprint density at radius 3 is 2.52 bits per heavy atom. The van der Waals surface area contributed by atoms with Crippen molar-refractivity contribution in [1.29, 1.82) is 0 Å². The van der Waals surface area contributed by atoms with Crippen LogP contribution >= 0.6 is 0 Å². The molecule has 130 valence electrons. The van der Waals surface area contributed by atoms with E-state index >= 15 is 0 Å². The minimum Gasteiger partial charge on any atom is -0.497 e. The normalized spacial score (nSPS) is 12.6. The highest BCUT2D eigenvalue weighted by Gasteiger charge is 2.27. The summed E-state index contributed by atoms with van der Waals surface area (Å²) in [6, 6.07) is 4.77. The number of hydrogen-bond donors (Lipinski definition) is 1. The third-order valence-electron chi connectivity index (χ3n) is 3.02. The summed E-state index contributed by atoms with van der Waals surface area (Å²) in [6.45, 7) is 0.0820. The number of alkyl halides is 3. The SMILES string of the molecule is COc1ccc(OC)c(C(C)NC(=O)CCOCC(F)(F)F)c1. The average Bonchev–Trinajstić information content (AvgIpc) is 2.49. The average molecular weight is 335 g/mol. The van der Waals surface area contributed by atoms with Gasteiger partial charge in [-0.3, -0.25) is 4.79 Å².